The van der Waals surface area contributed by atoms with Crippen LogP contribution in [0, 0.1) is 0 Å². The lowest BCUT2D eigenvalue weighted by molar-refractivity contribution is 0.127. The SMILES string of the molecule is CCCn1ncnc1CN1CCCCC1CCNC. The Morgan fingerprint density at radius 2 is 2.32 bits per heavy atom. The highest BCUT2D eigenvalue weighted by Crippen LogP contribution is 2.21. The van der Waals surface area contributed by atoms with Crippen molar-refractivity contribution in [1.29, 1.82) is 0 Å². The maximum Gasteiger partial charge on any atom is 0.141 e. The predicted molar refractivity (Wildman–Crippen MR) is 76.9 cm³/mol. The number of aromatic nitrogens is 3. The number of hydrogen-bond donors (Lipinski definition) is 1. The van der Waals surface area contributed by atoms with E-state index in [1.54, 1.807) is 6.33 Å². The Morgan fingerprint density at radius 3 is 3.11 bits per heavy atom. The predicted octanol–water partition coefficient (Wildman–Crippen LogP) is 1.65. The summed E-state index contributed by atoms with van der Waals surface area (Å²) in [6.45, 7) is 6.41. The normalized spacial score (nSPS) is 20.8. The average molecular weight is 265 g/mol. The van der Waals surface area contributed by atoms with Gasteiger partial charge in [0, 0.05) is 12.6 Å². The fourth-order valence-corrected chi connectivity index (χ4v) is 2.90. The summed E-state index contributed by atoms with van der Waals surface area (Å²) in [5.74, 6) is 1.12. The van der Waals surface area contributed by atoms with E-state index in [9.17, 15) is 0 Å². The van der Waals surface area contributed by atoms with Gasteiger partial charge >= 0.3 is 0 Å². The molecule has 5 nitrogen and oxygen atoms in total. The zero-order chi connectivity index (χ0) is 13.5. The van der Waals surface area contributed by atoms with Crippen LogP contribution < -0.4 is 5.32 Å². The summed E-state index contributed by atoms with van der Waals surface area (Å²) in [7, 11) is 2.03. The van der Waals surface area contributed by atoms with Gasteiger partial charge in [0.25, 0.3) is 0 Å². The van der Waals surface area contributed by atoms with Crippen LogP contribution in [0.5, 0.6) is 0 Å². The van der Waals surface area contributed by atoms with Crippen molar-refractivity contribution < 1.29 is 0 Å². The quantitative estimate of drug-likeness (QED) is 0.814. The van der Waals surface area contributed by atoms with E-state index in [2.05, 4.69) is 31.9 Å². The van der Waals surface area contributed by atoms with Crippen molar-refractivity contribution in [3.8, 4) is 0 Å². The van der Waals surface area contributed by atoms with Gasteiger partial charge in [0.15, 0.2) is 0 Å². The number of piperidine rings is 1. The highest BCUT2D eigenvalue weighted by atomic mass is 15.3. The van der Waals surface area contributed by atoms with E-state index >= 15 is 0 Å². The topological polar surface area (TPSA) is 46.0 Å². The molecular formula is C14H27N5. The highest BCUT2D eigenvalue weighted by molar-refractivity contribution is 4.88. The summed E-state index contributed by atoms with van der Waals surface area (Å²) in [6.07, 6.45) is 8.05. The van der Waals surface area contributed by atoms with Crippen molar-refractivity contribution in [2.45, 2.75) is 58.2 Å². The number of hydrogen-bond acceptors (Lipinski definition) is 4. The van der Waals surface area contributed by atoms with E-state index in [1.165, 1.54) is 32.2 Å². The molecule has 5 heteroatoms. The highest BCUT2D eigenvalue weighted by Gasteiger charge is 2.23. The van der Waals surface area contributed by atoms with Gasteiger partial charge in [-0.15, -0.1) is 0 Å². The van der Waals surface area contributed by atoms with E-state index in [4.69, 9.17) is 0 Å². The molecule has 1 saturated heterocycles. The second kappa shape index (κ2) is 7.60. The first kappa shape index (κ1) is 14.5. The van der Waals surface area contributed by atoms with Crippen LogP contribution in [0.3, 0.4) is 0 Å². The molecule has 19 heavy (non-hydrogen) atoms. The van der Waals surface area contributed by atoms with Crippen LogP contribution in [-0.4, -0.2) is 45.8 Å². The third-order valence-corrected chi connectivity index (χ3v) is 3.95. The van der Waals surface area contributed by atoms with Gasteiger partial charge in [-0.25, -0.2) is 9.67 Å². The molecule has 0 amide bonds. The van der Waals surface area contributed by atoms with Gasteiger partial charge in [0.05, 0.1) is 6.54 Å². The summed E-state index contributed by atoms with van der Waals surface area (Å²) in [5.41, 5.74) is 0. The summed E-state index contributed by atoms with van der Waals surface area (Å²) in [4.78, 5) is 7.03. The van der Waals surface area contributed by atoms with Crippen LogP contribution in [0.1, 0.15) is 44.9 Å². The van der Waals surface area contributed by atoms with Crippen molar-refractivity contribution in [2.75, 3.05) is 20.1 Å². The number of nitrogens with zero attached hydrogens (tertiary/aromatic N) is 4. The molecular weight excluding hydrogens is 238 g/mol. The Hall–Kier alpha value is -0.940. The van der Waals surface area contributed by atoms with E-state index in [0.29, 0.717) is 6.04 Å². The van der Waals surface area contributed by atoms with Crippen LogP contribution in [0.2, 0.25) is 0 Å². The molecule has 1 unspecified atom stereocenters. The fraction of sp³-hybridized carbons (Fsp3) is 0.857. The Labute approximate surface area is 116 Å². The Kier molecular flexibility index (Phi) is 5.79. The number of likely N-dealkylation sites (tertiary alicyclic amines) is 1. The molecule has 0 aromatic carbocycles. The van der Waals surface area contributed by atoms with E-state index in [0.717, 1.165) is 31.9 Å². The number of aryl methyl sites for hydroxylation is 1. The molecule has 1 aliphatic rings. The minimum Gasteiger partial charge on any atom is -0.320 e. The first-order valence-corrected chi connectivity index (χ1v) is 7.60. The Morgan fingerprint density at radius 1 is 1.42 bits per heavy atom. The third kappa shape index (κ3) is 4.01. The third-order valence-electron chi connectivity index (χ3n) is 3.95. The standard InChI is InChI=1S/C14H27N5/c1-3-9-19-14(16-12-17-19)11-18-10-5-4-6-13(18)7-8-15-2/h12-13,15H,3-11H2,1-2H3. The fourth-order valence-electron chi connectivity index (χ4n) is 2.90. The maximum absolute atomic E-state index is 4.44. The molecule has 1 aromatic heterocycles. The molecule has 1 aromatic rings. The molecule has 1 aliphatic heterocycles. The first-order valence-electron chi connectivity index (χ1n) is 7.60. The minimum atomic E-state index is 0.702. The van der Waals surface area contributed by atoms with Gasteiger partial charge < -0.3 is 5.32 Å². The average Bonchev–Trinajstić information content (AvgIpc) is 2.86. The van der Waals surface area contributed by atoms with Crippen LogP contribution in [-0.2, 0) is 13.1 Å². The molecule has 2 rings (SSSR count). The molecule has 0 aliphatic carbocycles. The zero-order valence-corrected chi connectivity index (χ0v) is 12.3. The summed E-state index contributed by atoms with van der Waals surface area (Å²) in [5, 5.41) is 7.59. The van der Waals surface area contributed by atoms with Crippen molar-refractivity contribution >= 4 is 0 Å². The van der Waals surface area contributed by atoms with Gasteiger partial charge in [0.2, 0.25) is 0 Å². The summed E-state index contributed by atoms with van der Waals surface area (Å²) in [6, 6.07) is 0.702. The van der Waals surface area contributed by atoms with Crippen molar-refractivity contribution in [1.82, 2.24) is 25.0 Å². The van der Waals surface area contributed by atoms with Gasteiger partial charge in [-0.2, -0.15) is 5.10 Å². The zero-order valence-electron chi connectivity index (χ0n) is 12.3. The lowest BCUT2D eigenvalue weighted by atomic mass is 9.99. The second-order valence-electron chi connectivity index (χ2n) is 5.41. The van der Waals surface area contributed by atoms with E-state index in [1.807, 2.05) is 7.05 Å². The Bertz CT molecular complexity index is 362. The van der Waals surface area contributed by atoms with Crippen molar-refractivity contribution in [3.05, 3.63) is 12.2 Å². The first-order chi connectivity index (χ1) is 9.35. The van der Waals surface area contributed by atoms with Crippen molar-refractivity contribution in [3.63, 3.8) is 0 Å². The molecule has 1 N–H and O–H groups in total. The summed E-state index contributed by atoms with van der Waals surface area (Å²) < 4.78 is 2.06. The molecule has 1 atom stereocenters. The van der Waals surface area contributed by atoms with Gasteiger partial charge in [-0.05, 0) is 45.8 Å². The van der Waals surface area contributed by atoms with Crippen LogP contribution in [0.15, 0.2) is 6.33 Å². The van der Waals surface area contributed by atoms with Gasteiger partial charge in [-0.1, -0.05) is 13.3 Å². The van der Waals surface area contributed by atoms with Crippen LogP contribution in [0.25, 0.3) is 0 Å². The second-order valence-corrected chi connectivity index (χ2v) is 5.41. The smallest absolute Gasteiger partial charge is 0.141 e. The lowest BCUT2D eigenvalue weighted by Crippen LogP contribution is -2.41. The van der Waals surface area contributed by atoms with Crippen LogP contribution >= 0.6 is 0 Å². The lowest BCUT2D eigenvalue weighted by Gasteiger charge is -2.35. The van der Waals surface area contributed by atoms with E-state index in [-0.39, 0.29) is 0 Å². The van der Waals surface area contributed by atoms with Crippen molar-refractivity contribution in [2.24, 2.45) is 0 Å². The molecule has 0 saturated carbocycles. The molecule has 0 spiro atoms. The molecule has 1 fully saturated rings. The minimum absolute atomic E-state index is 0.702. The molecule has 0 radical (unpaired) electrons. The van der Waals surface area contributed by atoms with Gasteiger partial charge in [-0.3, -0.25) is 4.90 Å². The Balaban J connectivity index is 1.96. The molecule has 2 heterocycles. The summed E-state index contributed by atoms with van der Waals surface area (Å²) >= 11 is 0. The number of rotatable bonds is 7. The maximum atomic E-state index is 4.44. The van der Waals surface area contributed by atoms with E-state index < -0.39 is 0 Å². The van der Waals surface area contributed by atoms with Gasteiger partial charge in [0.1, 0.15) is 12.2 Å². The molecule has 0 bridgehead atoms. The molecule has 108 valence electrons. The monoisotopic (exact) mass is 265 g/mol. The largest absolute Gasteiger partial charge is 0.320 e. The van der Waals surface area contributed by atoms with Crippen LogP contribution in [0.4, 0.5) is 0 Å². The number of nitrogens with one attached hydrogen (secondary N) is 1.